The van der Waals surface area contributed by atoms with Gasteiger partial charge in [-0.05, 0) is 100 Å². The highest BCUT2D eigenvalue weighted by atomic mass is 35.5. The Kier molecular flexibility index (Phi) is 9.38. The van der Waals surface area contributed by atoms with Gasteiger partial charge in [0.2, 0.25) is 0 Å². The summed E-state index contributed by atoms with van der Waals surface area (Å²) >= 11 is 6.47. The summed E-state index contributed by atoms with van der Waals surface area (Å²) in [4.78, 5) is 2.69. The number of aliphatic hydroxyl groups excluding tert-OH is 1. The molecule has 0 spiro atoms. The number of alkyl halides is 1. The molecule has 3 aliphatic rings. The van der Waals surface area contributed by atoms with Crippen molar-refractivity contribution in [1.82, 2.24) is 10.2 Å². The van der Waals surface area contributed by atoms with Crippen LogP contribution in [0.1, 0.15) is 92.4 Å². The molecule has 1 aliphatic heterocycles. The van der Waals surface area contributed by atoms with Crippen LogP contribution in [0, 0.1) is 35.5 Å². The fraction of sp³-hybridized carbons (Fsp3) is 1.00. The minimum atomic E-state index is -0.439. The van der Waals surface area contributed by atoms with Gasteiger partial charge in [-0.2, -0.15) is 0 Å². The minimum Gasteiger partial charge on any atom is -0.378 e. The lowest BCUT2D eigenvalue weighted by atomic mass is 9.73. The van der Waals surface area contributed by atoms with E-state index in [1.807, 2.05) is 0 Å². The first kappa shape index (κ1) is 24.8. The van der Waals surface area contributed by atoms with Crippen LogP contribution in [0.15, 0.2) is 0 Å². The highest BCUT2D eigenvalue weighted by Gasteiger charge is 2.36. The quantitative estimate of drug-likeness (QED) is 0.382. The predicted octanol–water partition coefficient (Wildman–Crippen LogP) is 5.89. The number of nitrogens with one attached hydrogen (secondary N) is 1. The third kappa shape index (κ3) is 6.59. The van der Waals surface area contributed by atoms with E-state index in [0.29, 0.717) is 23.9 Å². The average molecular weight is 441 g/mol. The summed E-state index contributed by atoms with van der Waals surface area (Å²) in [5.41, 5.74) is 0. The number of rotatable bonds is 7. The zero-order valence-electron chi connectivity index (χ0n) is 20.3. The molecule has 6 atom stereocenters. The summed E-state index contributed by atoms with van der Waals surface area (Å²) in [6.45, 7) is 14.1. The Bertz CT molecular complexity index is 489. The van der Waals surface area contributed by atoms with Gasteiger partial charge in [0.1, 0.15) is 6.23 Å². The molecule has 0 aromatic carbocycles. The molecule has 0 amide bonds. The second-order valence-corrected chi connectivity index (χ2v) is 12.3. The van der Waals surface area contributed by atoms with Crippen LogP contribution in [0.25, 0.3) is 0 Å². The standard InChI is InChI=1S/C26H49ClN2O/c1-17(2)25(28-26(30)23-14-19(4)15-24(27)16-23)20(5)29-12-10-22(11-13-29)21-8-6-18(3)7-9-21/h17-26,28,30H,6-16H2,1-5H3/t18?,19?,20?,21?,23?,24?,25-,26?/m1/s1. The lowest BCUT2D eigenvalue weighted by Gasteiger charge is -2.45. The van der Waals surface area contributed by atoms with E-state index in [4.69, 9.17) is 11.6 Å². The van der Waals surface area contributed by atoms with Crippen molar-refractivity contribution in [2.75, 3.05) is 13.1 Å². The first-order chi connectivity index (χ1) is 14.2. The second-order valence-electron chi connectivity index (χ2n) is 11.7. The number of piperidine rings is 1. The maximum atomic E-state index is 11.0. The van der Waals surface area contributed by atoms with Gasteiger partial charge in [-0.25, -0.2) is 0 Å². The van der Waals surface area contributed by atoms with Crippen LogP contribution in [0.3, 0.4) is 0 Å². The zero-order valence-corrected chi connectivity index (χ0v) is 21.1. The van der Waals surface area contributed by atoms with Crippen LogP contribution in [0.4, 0.5) is 0 Å². The Hall–Kier alpha value is 0.170. The van der Waals surface area contributed by atoms with Gasteiger partial charge in [-0.1, -0.05) is 40.5 Å². The van der Waals surface area contributed by atoms with Crippen molar-refractivity contribution in [2.45, 2.75) is 116 Å². The third-order valence-corrected chi connectivity index (χ3v) is 9.20. The summed E-state index contributed by atoms with van der Waals surface area (Å²) in [7, 11) is 0. The Morgan fingerprint density at radius 2 is 1.43 bits per heavy atom. The second kappa shape index (κ2) is 11.3. The SMILES string of the molecule is CC1CCC(C2CCN(C(C)[C@H](NC(O)C3CC(C)CC(Cl)C3)C(C)C)CC2)CC1. The van der Waals surface area contributed by atoms with E-state index < -0.39 is 6.23 Å². The first-order valence-electron chi connectivity index (χ1n) is 13.1. The number of hydrogen-bond donors (Lipinski definition) is 2. The van der Waals surface area contributed by atoms with Gasteiger partial charge in [0.25, 0.3) is 0 Å². The number of aliphatic hydroxyl groups is 1. The summed E-state index contributed by atoms with van der Waals surface area (Å²) in [6.07, 6.45) is 11.2. The maximum Gasteiger partial charge on any atom is 0.108 e. The van der Waals surface area contributed by atoms with Gasteiger partial charge in [0.15, 0.2) is 0 Å². The van der Waals surface area contributed by atoms with Crippen molar-refractivity contribution >= 4 is 11.6 Å². The predicted molar refractivity (Wildman–Crippen MR) is 129 cm³/mol. The Morgan fingerprint density at radius 1 is 0.833 bits per heavy atom. The molecule has 1 heterocycles. The summed E-state index contributed by atoms with van der Waals surface area (Å²) in [5, 5.41) is 14.9. The molecule has 30 heavy (non-hydrogen) atoms. The molecule has 4 heteroatoms. The van der Waals surface area contributed by atoms with Gasteiger partial charge in [-0.3, -0.25) is 10.2 Å². The van der Waals surface area contributed by atoms with Crippen LogP contribution in [0.2, 0.25) is 0 Å². The Labute approximate surface area is 191 Å². The number of hydrogen-bond acceptors (Lipinski definition) is 3. The summed E-state index contributed by atoms with van der Waals surface area (Å²) in [6, 6.07) is 0.776. The van der Waals surface area contributed by atoms with E-state index in [-0.39, 0.29) is 11.3 Å². The van der Waals surface area contributed by atoms with Gasteiger partial charge >= 0.3 is 0 Å². The zero-order chi connectivity index (χ0) is 21.8. The molecule has 3 nitrogen and oxygen atoms in total. The van der Waals surface area contributed by atoms with E-state index in [9.17, 15) is 5.11 Å². The monoisotopic (exact) mass is 440 g/mol. The molecule has 2 N–H and O–H groups in total. The number of nitrogens with zero attached hydrogens (tertiary/aromatic N) is 1. The molecule has 176 valence electrons. The van der Waals surface area contributed by atoms with E-state index in [1.54, 1.807) is 0 Å². The van der Waals surface area contributed by atoms with E-state index >= 15 is 0 Å². The lowest BCUT2D eigenvalue weighted by Crippen LogP contribution is -2.57. The fourth-order valence-electron chi connectivity index (χ4n) is 6.83. The van der Waals surface area contributed by atoms with Crippen molar-refractivity contribution < 1.29 is 5.11 Å². The fourth-order valence-corrected chi connectivity index (χ4v) is 7.37. The molecule has 5 unspecified atom stereocenters. The normalized spacial score (nSPS) is 37.8. The maximum absolute atomic E-state index is 11.0. The third-order valence-electron chi connectivity index (χ3n) is 8.85. The minimum absolute atomic E-state index is 0.215. The molecular weight excluding hydrogens is 392 g/mol. The molecule has 1 saturated heterocycles. The lowest BCUT2D eigenvalue weighted by molar-refractivity contribution is 0.00697. The molecule has 0 bridgehead atoms. The van der Waals surface area contributed by atoms with E-state index in [2.05, 4.69) is 44.8 Å². The smallest absolute Gasteiger partial charge is 0.108 e. The van der Waals surface area contributed by atoms with Crippen molar-refractivity contribution in [3.63, 3.8) is 0 Å². The van der Waals surface area contributed by atoms with E-state index in [0.717, 1.165) is 37.0 Å². The van der Waals surface area contributed by atoms with Crippen LogP contribution in [-0.2, 0) is 0 Å². The van der Waals surface area contributed by atoms with Gasteiger partial charge in [-0.15, -0.1) is 11.6 Å². The van der Waals surface area contributed by atoms with Gasteiger partial charge in [0, 0.05) is 17.5 Å². The highest BCUT2D eigenvalue weighted by molar-refractivity contribution is 6.20. The van der Waals surface area contributed by atoms with Crippen LogP contribution < -0.4 is 5.32 Å². The topological polar surface area (TPSA) is 35.5 Å². The number of likely N-dealkylation sites (tertiary alicyclic amines) is 1. The van der Waals surface area contributed by atoms with Crippen molar-refractivity contribution in [1.29, 1.82) is 0 Å². The number of halogens is 1. The van der Waals surface area contributed by atoms with Crippen molar-refractivity contribution in [3.8, 4) is 0 Å². The Balaban J connectivity index is 1.51. The van der Waals surface area contributed by atoms with Crippen LogP contribution in [-0.4, -0.2) is 46.8 Å². The van der Waals surface area contributed by atoms with Crippen molar-refractivity contribution in [3.05, 3.63) is 0 Å². The van der Waals surface area contributed by atoms with Crippen molar-refractivity contribution in [2.24, 2.45) is 35.5 Å². The molecule has 0 aromatic rings. The highest BCUT2D eigenvalue weighted by Crippen LogP contribution is 2.38. The molecule has 2 aliphatic carbocycles. The molecule has 3 fully saturated rings. The van der Waals surface area contributed by atoms with Crippen LogP contribution in [0.5, 0.6) is 0 Å². The summed E-state index contributed by atoms with van der Waals surface area (Å²) < 4.78 is 0. The molecular formula is C26H49ClN2O. The molecule has 0 aromatic heterocycles. The largest absolute Gasteiger partial charge is 0.378 e. The first-order valence-corrected chi connectivity index (χ1v) is 13.5. The summed E-state index contributed by atoms with van der Waals surface area (Å²) in [5.74, 6) is 4.27. The average Bonchev–Trinajstić information content (AvgIpc) is 2.71. The van der Waals surface area contributed by atoms with E-state index in [1.165, 1.54) is 51.6 Å². The molecule has 2 saturated carbocycles. The van der Waals surface area contributed by atoms with Gasteiger partial charge in [0.05, 0.1) is 0 Å². The van der Waals surface area contributed by atoms with Gasteiger partial charge < -0.3 is 5.11 Å². The van der Waals surface area contributed by atoms with Crippen LogP contribution >= 0.6 is 11.6 Å². The molecule has 3 rings (SSSR count). The Morgan fingerprint density at radius 3 is 2.00 bits per heavy atom. The molecule has 0 radical (unpaired) electrons.